The number of rotatable bonds is 8. The standard InChI is InChI=1S/C25H25N3O5S/c1-4-33-19-8-6-5-7-18(19)27-20(29)14-34-24-17(13-26)21(16-11-9-15(2)10-12-16)22(23(30)28-24)25(31)32-3/h5-12,21-22H,4,14H2,1-3H3,(H,27,29)(H,28,30). The van der Waals surface area contributed by atoms with Crippen LogP contribution in [-0.2, 0) is 19.1 Å². The van der Waals surface area contributed by atoms with Gasteiger partial charge >= 0.3 is 5.97 Å². The topological polar surface area (TPSA) is 118 Å². The van der Waals surface area contributed by atoms with Gasteiger partial charge in [-0.2, -0.15) is 5.26 Å². The number of esters is 1. The number of benzene rings is 2. The molecule has 0 fully saturated rings. The first-order valence-electron chi connectivity index (χ1n) is 10.6. The summed E-state index contributed by atoms with van der Waals surface area (Å²) in [4.78, 5) is 38.0. The highest BCUT2D eigenvalue weighted by Crippen LogP contribution is 2.40. The van der Waals surface area contributed by atoms with Gasteiger partial charge in [0.25, 0.3) is 0 Å². The molecule has 0 spiro atoms. The Morgan fingerprint density at radius 3 is 2.53 bits per heavy atom. The van der Waals surface area contributed by atoms with Crippen LogP contribution in [-0.4, -0.2) is 37.3 Å². The van der Waals surface area contributed by atoms with Crippen LogP contribution in [0, 0.1) is 24.2 Å². The first-order valence-corrected chi connectivity index (χ1v) is 11.6. The van der Waals surface area contributed by atoms with Crippen molar-refractivity contribution in [2.75, 3.05) is 24.8 Å². The Kier molecular flexibility index (Phi) is 8.33. The van der Waals surface area contributed by atoms with E-state index in [4.69, 9.17) is 9.47 Å². The van der Waals surface area contributed by atoms with Gasteiger partial charge in [0.2, 0.25) is 11.8 Å². The fraction of sp³-hybridized carbons (Fsp3) is 0.280. The van der Waals surface area contributed by atoms with E-state index < -0.39 is 23.7 Å². The minimum absolute atomic E-state index is 0.0647. The Hall–Kier alpha value is -3.77. The molecule has 1 aliphatic rings. The summed E-state index contributed by atoms with van der Waals surface area (Å²) in [6.45, 7) is 4.22. The van der Waals surface area contributed by atoms with Crippen LogP contribution in [0.1, 0.15) is 24.0 Å². The van der Waals surface area contributed by atoms with Crippen LogP contribution in [0.15, 0.2) is 59.1 Å². The number of anilines is 1. The number of ether oxygens (including phenoxy) is 2. The third kappa shape index (κ3) is 5.58. The maximum absolute atomic E-state index is 12.9. The number of thioether (sulfide) groups is 1. The summed E-state index contributed by atoms with van der Waals surface area (Å²) in [7, 11) is 1.20. The van der Waals surface area contributed by atoms with Crippen molar-refractivity contribution in [3.63, 3.8) is 0 Å². The van der Waals surface area contributed by atoms with Crippen LogP contribution in [0.5, 0.6) is 5.75 Å². The summed E-state index contributed by atoms with van der Waals surface area (Å²) in [5.74, 6) is -3.20. The van der Waals surface area contributed by atoms with Crippen molar-refractivity contribution in [2.45, 2.75) is 19.8 Å². The third-order valence-electron chi connectivity index (χ3n) is 5.23. The number of amides is 2. The van der Waals surface area contributed by atoms with Crippen LogP contribution >= 0.6 is 11.8 Å². The molecule has 9 heteroatoms. The zero-order valence-corrected chi connectivity index (χ0v) is 19.9. The van der Waals surface area contributed by atoms with Gasteiger partial charge in [-0.05, 0) is 31.5 Å². The second kappa shape index (κ2) is 11.4. The number of nitriles is 1. The van der Waals surface area contributed by atoms with Gasteiger partial charge < -0.3 is 20.1 Å². The molecule has 0 aromatic heterocycles. The number of hydrogen-bond donors (Lipinski definition) is 2. The number of carbonyl (C=O) groups excluding carboxylic acids is 3. The van der Waals surface area contributed by atoms with Crippen LogP contribution in [0.2, 0.25) is 0 Å². The van der Waals surface area contributed by atoms with Gasteiger partial charge in [0.1, 0.15) is 11.7 Å². The van der Waals surface area contributed by atoms with Crippen LogP contribution in [0.3, 0.4) is 0 Å². The van der Waals surface area contributed by atoms with Gasteiger partial charge in [-0.1, -0.05) is 53.7 Å². The average Bonchev–Trinajstić information content (AvgIpc) is 2.83. The number of nitrogens with one attached hydrogen (secondary N) is 2. The summed E-state index contributed by atoms with van der Waals surface area (Å²) < 4.78 is 10.4. The molecular weight excluding hydrogens is 454 g/mol. The highest BCUT2D eigenvalue weighted by Gasteiger charge is 2.44. The summed E-state index contributed by atoms with van der Waals surface area (Å²) in [6, 6.07) is 16.5. The number of para-hydroxylation sites is 2. The van der Waals surface area contributed by atoms with Gasteiger partial charge in [0.05, 0.1) is 41.8 Å². The molecule has 1 heterocycles. The number of nitrogens with zero attached hydrogens (tertiary/aromatic N) is 1. The largest absolute Gasteiger partial charge is 0.492 e. The van der Waals surface area contributed by atoms with Crippen molar-refractivity contribution >= 4 is 35.2 Å². The van der Waals surface area contributed by atoms with Gasteiger partial charge in [0, 0.05) is 5.92 Å². The van der Waals surface area contributed by atoms with Gasteiger partial charge in [-0.3, -0.25) is 14.4 Å². The average molecular weight is 480 g/mol. The molecule has 0 saturated heterocycles. The number of aryl methyl sites for hydroxylation is 1. The molecule has 176 valence electrons. The Morgan fingerprint density at radius 1 is 1.18 bits per heavy atom. The summed E-state index contributed by atoms with van der Waals surface area (Å²) in [5, 5.41) is 15.6. The van der Waals surface area contributed by atoms with Gasteiger partial charge in [-0.25, -0.2) is 0 Å². The van der Waals surface area contributed by atoms with Crippen molar-refractivity contribution in [1.29, 1.82) is 5.26 Å². The molecule has 2 unspecified atom stereocenters. The summed E-state index contributed by atoms with van der Waals surface area (Å²) >= 11 is 1.02. The molecule has 0 radical (unpaired) electrons. The van der Waals surface area contributed by atoms with Gasteiger partial charge in [-0.15, -0.1) is 0 Å². The van der Waals surface area contributed by atoms with Crippen molar-refractivity contribution < 1.29 is 23.9 Å². The molecule has 2 aromatic carbocycles. The number of hydrogen-bond acceptors (Lipinski definition) is 7. The van der Waals surface area contributed by atoms with E-state index in [0.29, 0.717) is 23.6 Å². The zero-order chi connectivity index (χ0) is 24.7. The van der Waals surface area contributed by atoms with Crippen LogP contribution < -0.4 is 15.4 Å². The normalized spacial score (nSPS) is 17.4. The predicted molar refractivity (Wildman–Crippen MR) is 129 cm³/mol. The Labute approximate surface area is 202 Å². The molecule has 2 N–H and O–H groups in total. The van der Waals surface area contributed by atoms with E-state index in [9.17, 15) is 19.6 Å². The molecular formula is C25H25N3O5S. The van der Waals surface area contributed by atoms with Crippen molar-refractivity contribution in [2.24, 2.45) is 5.92 Å². The van der Waals surface area contributed by atoms with Crippen molar-refractivity contribution in [1.82, 2.24) is 5.32 Å². The molecule has 2 atom stereocenters. The van der Waals surface area contributed by atoms with Crippen LogP contribution in [0.4, 0.5) is 5.69 Å². The zero-order valence-electron chi connectivity index (χ0n) is 19.1. The molecule has 8 nitrogen and oxygen atoms in total. The molecule has 0 saturated carbocycles. The van der Waals surface area contributed by atoms with E-state index in [2.05, 4.69) is 16.7 Å². The Balaban J connectivity index is 1.87. The molecule has 2 aromatic rings. The monoisotopic (exact) mass is 479 g/mol. The second-order valence-corrected chi connectivity index (χ2v) is 8.48. The van der Waals surface area contributed by atoms with E-state index in [0.717, 1.165) is 17.3 Å². The highest BCUT2D eigenvalue weighted by atomic mass is 32.2. The van der Waals surface area contributed by atoms with E-state index >= 15 is 0 Å². The smallest absolute Gasteiger partial charge is 0.319 e. The maximum atomic E-state index is 12.9. The van der Waals surface area contributed by atoms with Crippen molar-refractivity contribution in [3.05, 3.63) is 70.3 Å². The number of methoxy groups -OCH3 is 1. The lowest BCUT2D eigenvalue weighted by Crippen LogP contribution is -2.44. The lowest BCUT2D eigenvalue weighted by Gasteiger charge is -2.31. The third-order valence-corrected chi connectivity index (χ3v) is 6.25. The van der Waals surface area contributed by atoms with E-state index in [-0.39, 0.29) is 22.3 Å². The summed E-state index contributed by atoms with van der Waals surface area (Å²) in [5.41, 5.74) is 2.37. The first kappa shape index (κ1) is 24.9. The molecule has 34 heavy (non-hydrogen) atoms. The minimum Gasteiger partial charge on any atom is -0.492 e. The minimum atomic E-state index is -1.21. The molecule has 0 aliphatic carbocycles. The number of allylic oxidation sites excluding steroid dienone is 1. The molecule has 0 bridgehead atoms. The maximum Gasteiger partial charge on any atom is 0.319 e. The lowest BCUT2D eigenvalue weighted by atomic mass is 9.78. The Morgan fingerprint density at radius 2 is 1.88 bits per heavy atom. The van der Waals surface area contributed by atoms with Gasteiger partial charge in [0.15, 0.2) is 0 Å². The van der Waals surface area contributed by atoms with E-state index in [1.165, 1.54) is 7.11 Å². The van der Waals surface area contributed by atoms with Crippen LogP contribution in [0.25, 0.3) is 0 Å². The first-order chi connectivity index (χ1) is 16.4. The fourth-order valence-corrected chi connectivity index (χ4v) is 4.48. The second-order valence-electron chi connectivity index (χ2n) is 7.50. The lowest BCUT2D eigenvalue weighted by molar-refractivity contribution is -0.150. The highest BCUT2D eigenvalue weighted by molar-refractivity contribution is 8.03. The van der Waals surface area contributed by atoms with E-state index in [1.807, 2.05) is 26.0 Å². The Bertz CT molecular complexity index is 1150. The number of carbonyl (C=O) groups is 3. The molecule has 2 amide bonds. The predicted octanol–water partition coefficient (Wildman–Crippen LogP) is 3.50. The quantitative estimate of drug-likeness (QED) is 0.439. The molecule has 1 aliphatic heterocycles. The van der Waals surface area contributed by atoms with Crippen molar-refractivity contribution in [3.8, 4) is 11.8 Å². The summed E-state index contributed by atoms with van der Waals surface area (Å²) in [6.07, 6.45) is 0. The van der Waals surface area contributed by atoms with E-state index in [1.54, 1.807) is 36.4 Å². The molecule has 3 rings (SSSR count). The SMILES string of the molecule is CCOc1ccccc1NC(=O)CSC1=C(C#N)C(c2ccc(C)cc2)C(C(=O)OC)C(=O)N1. The fourth-order valence-electron chi connectivity index (χ4n) is 3.63.